The highest BCUT2D eigenvalue weighted by molar-refractivity contribution is 6.76. The Kier molecular flexibility index (Phi) is 9.16. The van der Waals surface area contributed by atoms with Gasteiger partial charge in [0, 0.05) is 20.7 Å². The number of esters is 1. The van der Waals surface area contributed by atoms with Crippen LogP contribution in [0.5, 0.6) is 0 Å². The molecule has 180 valence electrons. The molecule has 0 aliphatic carbocycles. The van der Waals surface area contributed by atoms with E-state index in [9.17, 15) is 14.3 Å². The van der Waals surface area contributed by atoms with Crippen LogP contribution in [0.1, 0.15) is 21.5 Å². The van der Waals surface area contributed by atoms with Crippen LogP contribution >= 0.6 is 0 Å². The second-order valence-corrected chi connectivity index (χ2v) is 15.4. The first-order valence-electron chi connectivity index (χ1n) is 11.7. The van der Waals surface area contributed by atoms with Crippen LogP contribution < -0.4 is 5.32 Å². The zero-order valence-corrected chi connectivity index (χ0v) is 21.2. The predicted octanol–water partition coefficient (Wildman–Crippen LogP) is 5.68. The van der Waals surface area contributed by atoms with E-state index in [1.807, 2.05) is 48.5 Å². The minimum atomic E-state index is -1.27. The smallest absolute Gasteiger partial charge is 0.338 e. The molecule has 1 atom stereocenters. The van der Waals surface area contributed by atoms with E-state index >= 15 is 0 Å². The SMILES string of the molecule is C[Si](C)(C)CCOC(=O)c1ccccc1-c1ccc(CNC(CO)Cc2ccc(F)cc2)cc1. The van der Waals surface area contributed by atoms with Gasteiger partial charge in [0.05, 0.1) is 18.8 Å². The quantitative estimate of drug-likeness (QED) is 0.274. The van der Waals surface area contributed by atoms with Crippen LogP contribution in [0.4, 0.5) is 4.39 Å². The van der Waals surface area contributed by atoms with E-state index in [4.69, 9.17) is 4.74 Å². The lowest BCUT2D eigenvalue weighted by molar-refractivity contribution is 0.0526. The Bertz CT molecular complexity index is 1060. The molecule has 0 aliphatic rings. The number of benzene rings is 3. The first kappa shape index (κ1) is 25.8. The number of ether oxygens (including phenoxy) is 1. The van der Waals surface area contributed by atoms with Crippen LogP contribution in [-0.4, -0.2) is 38.4 Å². The van der Waals surface area contributed by atoms with Crippen LogP contribution in [0.25, 0.3) is 11.1 Å². The van der Waals surface area contributed by atoms with Crippen molar-refractivity contribution in [3.05, 3.63) is 95.3 Å². The van der Waals surface area contributed by atoms with Gasteiger partial charge in [-0.25, -0.2) is 9.18 Å². The van der Waals surface area contributed by atoms with Gasteiger partial charge >= 0.3 is 5.97 Å². The number of aliphatic hydroxyl groups excluding tert-OH is 1. The van der Waals surface area contributed by atoms with Crippen LogP contribution in [0.2, 0.25) is 25.7 Å². The Morgan fingerprint density at radius 2 is 1.62 bits per heavy atom. The highest BCUT2D eigenvalue weighted by atomic mass is 28.3. The van der Waals surface area contributed by atoms with Crippen molar-refractivity contribution >= 4 is 14.0 Å². The third-order valence-corrected chi connectivity index (χ3v) is 7.41. The Labute approximate surface area is 202 Å². The molecule has 0 bridgehead atoms. The topological polar surface area (TPSA) is 58.6 Å². The van der Waals surface area contributed by atoms with Crippen molar-refractivity contribution in [3.8, 4) is 11.1 Å². The van der Waals surface area contributed by atoms with Crippen molar-refractivity contribution in [2.75, 3.05) is 13.2 Å². The molecule has 0 saturated carbocycles. The molecule has 4 nitrogen and oxygen atoms in total. The summed E-state index contributed by atoms with van der Waals surface area (Å²) in [4.78, 5) is 12.7. The maximum absolute atomic E-state index is 13.1. The van der Waals surface area contributed by atoms with Crippen molar-refractivity contribution in [1.29, 1.82) is 0 Å². The average Bonchev–Trinajstić information content (AvgIpc) is 2.82. The number of hydrogen-bond donors (Lipinski definition) is 2. The van der Waals surface area contributed by atoms with Gasteiger partial charge in [-0.2, -0.15) is 0 Å². The predicted molar refractivity (Wildman–Crippen MR) is 138 cm³/mol. The molecule has 34 heavy (non-hydrogen) atoms. The van der Waals surface area contributed by atoms with Crippen LogP contribution in [0, 0.1) is 5.82 Å². The number of carbonyl (C=O) groups excluding carboxylic acids is 1. The summed E-state index contributed by atoms with van der Waals surface area (Å²) in [5.41, 5.74) is 4.41. The van der Waals surface area contributed by atoms with Gasteiger partial charge in [0.1, 0.15) is 5.82 Å². The summed E-state index contributed by atoms with van der Waals surface area (Å²) in [5.74, 6) is -0.551. The number of hydrogen-bond acceptors (Lipinski definition) is 4. The first-order chi connectivity index (χ1) is 16.2. The average molecular weight is 480 g/mol. The van der Waals surface area contributed by atoms with E-state index in [0.29, 0.717) is 25.1 Å². The fourth-order valence-corrected chi connectivity index (χ4v) is 4.33. The molecule has 3 aromatic rings. The van der Waals surface area contributed by atoms with E-state index in [1.165, 1.54) is 12.1 Å². The number of carbonyl (C=O) groups is 1. The third kappa shape index (κ3) is 7.90. The molecular formula is C28H34FNO3Si. The van der Waals surface area contributed by atoms with Gasteiger partial charge < -0.3 is 15.2 Å². The lowest BCUT2D eigenvalue weighted by Gasteiger charge is -2.17. The Morgan fingerprint density at radius 1 is 0.971 bits per heavy atom. The molecule has 0 radical (unpaired) electrons. The molecule has 0 aliphatic heterocycles. The molecule has 0 amide bonds. The van der Waals surface area contributed by atoms with Crippen LogP contribution in [-0.2, 0) is 17.7 Å². The standard InChI is InChI=1S/C28H34FNO3Si/c1-34(2,3)17-16-33-28(32)27-7-5-4-6-26(27)23-12-8-22(9-13-23)19-30-25(20-31)18-21-10-14-24(29)15-11-21/h4-15,25,30-31H,16-20H2,1-3H3. The molecule has 0 saturated heterocycles. The maximum Gasteiger partial charge on any atom is 0.338 e. The molecular weight excluding hydrogens is 445 g/mol. The summed E-state index contributed by atoms with van der Waals surface area (Å²) in [6.07, 6.45) is 0.613. The zero-order chi connectivity index (χ0) is 24.6. The number of nitrogens with one attached hydrogen (secondary N) is 1. The van der Waals surface area contributed by atoms with Gasteiger partial charge in [-0.15, -0.1) is 0 Å². The fraction of sp³-hybridized carbons (Fsp3) is 0.321. The van der Waals surface area contributed by atoms with Gasteiger partial charge in [-0.3, -0.25) is 0 Å². The van der Waals surface area contributed by atoms with Crippen molar-refractivity contribution in [1.82, 2.24) is 5.32 Å². The molecule has 0 aromatic heterocycles. The molecule has 6 heteroatoms. The van der Waals surface area contributed by atoms with E-state index < -0.39 is 8.07 Å². The summed E-state index contributed by atoms with van der Waals surface area (Å²) in [7, 11) is -1.27. The molecule has 3 rings (SSSR count). The lowest BCUT2D eigenvalue weighted by atomic mass is 9.98. The molecule has 0 heterocycles. The Hall–Kier alpha value is -2.80. The normalized spacial score (nSPS) is 12.4. The number of halogens is 1. The van der Waals surface area contributed by atoms with Crippen LogP contribution in [0.15, 0.2) is 72.8 Å². The molecule has 1 unspecified atom stereocenters. The minimum Gasteiger partial charge on any atom is -0.462 e. The van der Waals surface area contributed by atoms with Gasteiger partial charge in [-0.05, 0) is 52.9 Å². The number of aliphatic hydroxyl groups is 1. The fourth-order valence-electron chi connectivity index (χ4n) is 3.61. The first-order valence-corrected chi connectivity index (χ1v) is 15.4. The molecule has 0 fully saturated rings. The monoisotopic (exact) mass is 479 g/mol. The van der Waals surface area contributed by atoms with Gasteiger partial charge in [-0.1, -0.05) is 74.2 Å². The Balaban J connectivity index is 1.62. The summed E-state index contributed by atoms with van der Waals surface area (Å²) in [6, 6.07) is 22.7. The molecule has 3 aromatic carbocycles. The summed E-state index contributed by atoms with van der Waals surface area (Å²) < 4.78 is 18.7. The molecule has 0 spiro atoms. The third-order valence-electron chi connectivity index (χ3n) is 5.71. The van der Waals surface area contributed by atoms with Gasteiger partial charge in [0.2, 0.25) is 0 Å². The maximum atomic E-state index is 13.1. The minimum absolute atomic E-state index is 0.0113. The largest absolute Gasteiger partial charge is 0.462 e. The van der Waals surface area contributed by atoms with Gasteiger partial charge in [0.25, 0.3) is 0 Å². The van der Waals surface area contributed by atoms with E-state index in [2.05, 4.69) is 25.0 Å². The molecule has 2 N–H and O–H groups in total. The van der Waals surface area contributed by atoms with Gasteiger partial charge in [0.15, 0.2) is 0 Å². The highest BCUT2D eigenvalue weighted by Crippen LogP contribution is 2.25. The van der Waals surface area contributed by atoms with E-state index in [0.717, 1.165) is 28.3 Å². The van der Waals surface area contributed by atoms with Crippen molar-refractivity contribution in [2.45, 2.75) is 44.7 Å². The number of rotatable bonds is 11. The summed E-state index contributed by atoms with van der Waals surface area (Å²) in [6.45, 7) is 7.82. The zero-order valence-electron chi connectivity index (χ0n) is 20.2. The second kappa shape index (κ2) is 12.1. The van der Waals surface area contributed by atoms with E-state index in [-0.39, 0.29) is 24.4 Å². The van der Waals surface area contributed by atoms with Crippen molar-refractivity contribution < 1.29 is 19.0 Å². The second-order valence-electron chi connectivity index (χ2n) is 9.78. The van der Waals surface area contributed by atoms with Crippen molar-refractivity contribution in [3.63, 3.8) is 0 Å². The Morgan fingerprint density at radius 3 is 2.26 bits per heavy atom. The summed E-state index contributed by atoms with van der Waals surface area (Å²) >= 11 is 0. The summed E-state index contributed by atoms with van der Waals surface area (Å²) in [5, 5.41) is 13.1. The van der Waals surface area contributed by atoms with E-state index in [1.54, 1.807) is 12.1 Å². The lowest BCUT2D eigenvalue weighted by Crippen LogP contribution is -2.34. The van der Waals surface area contributed by atoms with Crippen LogP contribution in [0.3, 0.4) is 0 Å². The highest BCUT2D eigenvalue weighted by Gasteiger charge is 2.17. The van der Waals surface area contributed by atoms with Crippen molar-refractivity contribution in [2.24, 2.45) is 0 Å².